The third-order valence-electron chi connectivity index (χ3n) is 5.54. The normalized spacial score (nSPS) is 19.8. The lowest BCUT2D eigenvalue weighted by Gasteiger charge is -2.34. The van der Waals surface area contributed by atoms with E-state index >= 15 is 0 Å². The van der Waals surface area contributed by atoms with Crippen molar-refractivity contribution in [2.24, 2.45) is 0 Å². The Bertz CT molecular complexity index is 1090. The Kier molecular flexibility index (Phi) is 6.81. The first-order chi connectivity index (χ1) is 15.7. The van der Waals surface area contributed by atoms with Crippen LogP contribution in [0.15, 0.2) is 42.5 Å². The number of hydrogen-bond donors (Lipinski definition) is 1. The van der Waals surface area contributed by atoms with E-state index in [0.717, 1.165) is 0 Å². The highest BCUT2D eigenvalue weighted by Gasteiger charge is 2.34. The molecule has 176 valence electrons. The molecular weight excluding hydrogens is 472 g/mol. The Morgan fingerprint density at radius 3 is 2.58 bits per heavy atom. The molecule has 2 aliphatic rings. The third kappa shape index (κ3) is 5.60. The highest BCUT2D eigenvalue weighted by molar-refractivity contribution is 7.59. The number of rotatable bonds is 6. The maximum atomic E-state index is 15.0. The zero-order valence-electron chi connectivity index (χ0n) is 18.0. The monoisotopic (exact) mass is 495 g/mol. The predicted molar refractivity (Wildman–Crippen MR) is 124 cm³/mol. The maximum absolute atomic E-state index is 15.0. The van der Waals surface area contributed by atoms with Gasteiger partial charge in [-0.2, -0.15) is 0 Å². The van der Waals surface area contributed by atoms with E-state index in [2.05, 4.69) is 5.32 Å². The minimum Gasteiger partial charge on any atom is -0.443 e. The van der Waals surface area contributed by atoms with Gasteiger partial charge in [-0.05, 0) is 42.5 Å². The van der Waals surface area contributed by atoms with Crippen molar-refractivity contribution in [3.05, 3.63) is 53.3 Å². The van der Waals surface area contributed by atoms with Crippen molar-refractivity contribution in [2.45, 2.75) is 13.0 Å². The second-order valence-corrected chi connectivity index (χ2v) is 11.1. The van der Waals surface area contributed by atoms with Gasteiger partial charge >= 0.3 is 6.09 Å². The van der Waals surface area contributed by atoms with Crippen molar-refractivity contribution in [3.8, 4) is 5.75 Å². The summed E-state index contributed by atoms with van der Waals surface area (Å²) in [6.45, 7) is 2.56. The van der Waals surface area contributed by atoms with Gasteiger partial charge in [0.1, 0.15) is 17.7 Å². The number of nitrogens with zero attached hydrogens (tertiary/aromatic N) is 2. The van der Waals surface area contributed by atoms with E-state index in [1.807, 2.05) is 4.90 Å². The molecule has 2 aromatic carbocycles. The molecule has 1 atom stereocenters. The fraction of sp³-hybridized carbons (Fsp3) is 0.364. The number of benzene rings is 2. The topological polar surface area (TPSA) is 88.2 Å². The van der Waals surface area contributed by atoms with Crippen molar-refractivity contribution >= 4 is 42.3 Å². The van der Waals surface area contributed by atoms with Gasteiger partial charge in [0.25, 0.3) is 7.37 Å². The molecule has 11 heteroatoms. The SMILES string of the molecule is CC(=O)NC[C@H]1CN(c2ccc(N3CCP(=O)(Oc4ccc(Cl)cc4)CC3)c(F)c2)C(=O)O1. The lowest BCUT2D eigenvalue weighted by Crippen LogP contribution is -2.36. The Morgan fingerprint density at radius 2 is 1.94 bits per heavy atom. The molecule has 2 aliphatic heterocycles. The van der Waals surface area contributed by atoms with Crippen molar-refractivity contribution in [1.82, 2.24) is 5.32 Å². The number of hydrogen-bond acceptors (Lipinski definition) is 6. The molecule has 1 N–H and O–H groups in total. The Balaban J connectivity index is 1.38. The van der Waals surface area contributed by atoms with Gasteiger partial charge in [0.15, 0.2) is 0 Å². The van der Waals surface area contributed by atoms with Crippen LogP contribution in [0.5, 0.6) is 5.75 Å². The number of ether oxygens (including phenoxy) is 1. The minimum absolute atomic E-state index is 0.198. The molecule has 0 aliphatic carbocycles. The number of carbonyl (C=O) groups is 2. The molecule has 2 heterocycles. The van der Waals surface area contributed by atoms with Crippen molar-refractivity contribution in [3.63, 3.8) is 0 Å². The van der Waals surface area contributed by atoms with Crippen LogP contribution in [0.2, 0.25) is 5.02 Å². The summed E-state index contributed by atoms with van der Waals surface area (Å²) in [6, 6.07) is 11.3. The lowest BCUT2D eigenvalue weighted by atomic mass is 10.2. The summed E-state index contributed by atoms with van der Waals surface area (Å²) < 4.78 is 39.0. The van der Waals surface area contributed by atoms with E-state index in [0.29, 0.717) is 47.6 Å². The summed E-state index contributed by atoms with van der Waals surface area (Å²) in [7, 11) is -2.89. The van der Waals surface area contributed by atoms with E-state index < -0.39 is 25.4 Å². The molecule has 8 nitrogen and oxygen atoms in total. The van der Waals surface area contributed by atoms with Gasteiger partial charge in [0, 0.05) is 25.0 Å². The van der Waals surface area contributed by atoms with E-state index in [-0.39, 0.29) is 19.0 Å². The number of cyclic esters (lactones) is 1. The molecule has 0 unspecified atom stereocenters. The molecule has 0 radical (unpaired) electrons. The zero-order valence-corrected chi connectivity index (χ0v) is 19.7. The van der Waals surface area contributed by atoms with Gasteiger partial charge in [-0.15, -0.1) is 0 Å². The number of halogens is 2. The zero-order chi connectivity index (χ0) is 23.6. The molecule has 0 aromatic heterocycles. The fourth-order valence-corrected chi connectivity index (χ4v) is 5.94. The summed E-state index contributed by atoms with van der Waals surface area (Å²) in [6.07, 6.45) is -0.503. The summed E-state index contributed by atoms with van der Waals surface area (Å²) in [5.41, 5.74) is 0.749. The second-order valence-electron chi connectivity index (χ2n) is 7.98. The third-order valence-corrected chi connectivity index (χ3v) is 8.10. The van der Waals surface area contributed by atoms with Gasteiger partial charge < -0.3 is 19.5 Å². The molecule has 2 amide bonds. The van der Waals surface area contributed by atoms with Gasteiger partial charge in [-0.3, -0.25) is 14.3 Å². The van der Waals surface area contributed by atoms with E-state index in [1.54, 1.807) is 36.4 Å². The van der Waals surface area contributed by atoms with Crippen LogP contribution in [0.25, 0.3) is 0 Å². The van der Waals surface area contributed by atoms with Gasteiger partial charge in [-0.25, -0.2) is 9.18 Å². The summed E-state index contributed by atoms with van der Waals surface area (Å²) in [4.78, 5) is 26.4. The largest absolute Gasteiger partial charge is 0.443 e. The average Bonchev–Trinajstić information content (AvgIpc) is 3.15. The van der Waals surface area contributed by atoms with Crippen LogP contribution < -0.4 is 19.6 Å². The van der Waals surface area contributed by atoms with Crippen LogP contribution >= 0.6 is 19.0 Å². The number of anilines is 2. The number of carbonyl (C=O) groups excluding carboxylic acids is 2. The molecule has 0 bridgehead atoms. The molecule has 0 spiro atoms. The standard InChI is InChI=1S/C22H24ClFN3O5P/c1-15(28)25-13-19-14-27(22(29)31-19)17-4-7-21(20(24)12-17)26-8-10-33(30,11-9-26)32-18-5-2-16(23)3-6-18/h2-7,12,19H,8-11,13-14H2,1H3,(H,25,28)/t19-/m0/s1. The first-order valence-electron chi connectivity index (χ1n) is 10.5. The maximum Gasteiger partial charge on any atom is 0.414 e. The Labute approximate surface area is 196 Å². The van der Waals surface area contributed by atoms with Crippen LogP contribution in [0.3, 0.4) is 0 Å². The molecular formula is C22H24ClFN3O5P. The van der Waals surface area contributed by atoms with Gasteiger partial charge in [0.05, 0.1) is 36.8 Å². The molecule has 33 heavy (non-hydrogen) atoms. The van der Waals surface area contributed by atoms with Crippen molar-refractivity contribution < 1.29 is 27.8 Å². The lowest BCUT2D eigenvalue weighted by molar-refractivity contribution is -0.119. The van der Waals surface area contributed by atoms with Gasteiger partial charge in [-0.1, -0.05) is 11.6 Å². The summed E-state index contributed by atoms with van der Waals surface area (Å²) in [5.74, 6) is -0.202. The predicted octanol–water partition coefficient (Wildman–Crippen LogP) is 4.12. The van der Waals surface area contributed by atoms with Crippen LogP contribution in [0.4, 0.5) is 20.6 Å². The molecule has 2 fully saturated rings. The molecule has 0 saturated carbocycles. The van der Waals surface area contributed by atoms with Gasteiger partial charge in [0.2, 0.25) is 5.91 Å². The summed E-state index contributed by atoms with van der Waals surface area (Å²) >= 11 is 5.87. The first kappa shape index (κ1) is 23.4. The number of nitrogens with one attached hydrogen (secondary N) is 1. The fourth-order valence-electron chi connectivity index (χ4n) is 3.81. The van der Waals surface area contributed by atoms with E-state index in [4.69, 9.17) is 20.9 Å². The average molecular weight is 496 g/mol. The second kappa shape index (κ2) is 9.61. The molecule has 2 saturated heterocycles. The van der Waals surface area contributed by atoms with Crippen LogP contribution in [0, 0.1) is 5.82 Å². The van der Waals surface area contributed by atoms with E-state index in [1.165, 1.54) is 17.9 Å². The number of amides is 2. The Morgan fingerprint density at radius 1 is 1.24 bits per heavy atom. The van der Waals surface area contributed by atoms with Crippen molar-refractivity contribution in [1.29, 1.82) is 0 Å². The van der Waals surface area contributed by atoms with E-state index in [9.17, 15) is 18.5 Å². The van der Waals surface area contributed by atoms with Crippen molar-refractivity contribution in [2.75, 3.05) is 48.3 Å². The molecule has 4 rings (SSSR count). The smallest absolute Gasteiger partial charge is 0.414 e. The highest BCUT2D eigenvalue weighted by atomic mass is 35.5. The Hall–Kier alpha value is -2.77. The highest BCUT2D eigenvalue weighted by Crippen LogP contribution is 2.49. The molecule has 2 aromatic rings. The quantitative estimate of drug-likeness (QED) is 0.607. The van der Waals surface area contributed by atoms with Crippen LogP contribution in [0.1, 0.15) is 6.92 Å². The minimum atomic E-state index is -2.89. The first-order valence-corrected chi connectivity index (χ1v) is 12.9. The van der Waals surface area contributed by atoms with Crippen LogP contribution in [-0.2, 0) is 14.1 Å². The van der Waals surface area contributed by atoms with Crippen LogP contribution in [-0.4, -0.2) is 56.6 Å². The summed E-state index contributed by atoms with van der Waals surface area (Å²) in [5, 5.41) is 3.17.